The van der Waals surface area contributed by atoms with Crippen LogP contribution in [0.25, 0.3) is 0 Å². The maximum atomic E-state index is 12.6. The highest BCUT2D eigenvalue weighted by Gasteiger charge is 2.21. The van der Waals surface area contributed by atoms with Gasteiger partial charge in [-0.1, -0.05) is 57.5 Å². The molecule has 0 saturated heterocycles. The molecule has 0 radical (unpaired) electrons. The van der Waals surface area contributed by atoms with Crippen molar-refractivity contribution in [2.75, 3.05) is 17.7 Å². The normalized spacial score (nSPS) is 10.8. The highest BCUT2D eigenvalue weighted by molar-refractivity contribution is 6.44. The van der Waals surface area contributed by atoms with Crippen LogP contribution in [-0.2, 0) is 9.59 Å². The standard InChI is InChI=1S/C21H25ClN2O3/c1-12(2)15-7-6-8-16(13(3)4)19(15)24-21(26)20(25)23-17-11-14(22)9-10-18(17)27-5/h6-13H,1-5H3,(H,23,25)(H,24,26). The molecule has 0 aromatic heterocycles. The summed E-state index contributed by atoms with van der Waals surface area (Å²) < 4.78 is 5.20. The van der Waals surface area contributed by atoms with Crippen molar-refractivity contribution in [2.45, 2.75) is 39.5 Å². The number of para-hydroxylation sites is 1. The predicted octanol–water partition coefficient (Wildman–Crippen LogP) is 5.17. The maximum absolute atomic E-state index is 12.6. The molecule has 27 heavy (non-hydrogen) atoms. The summed E-state index contributed by atoms with van der Waals surface area (Å²) in [6, 6.07) is 10.7. The number of nitrogens with one attached hydrogen (secondary N) is 2. The van der Waals surface area contributed by atoms with Crippen LogP contribution in [0.5, 0.6) is 5.75 Å². The monoisotopic (exact) mass is 388 g/mol. The zero-order chi connectivity index (χ0) is 20.1. The number of benzene rings is 2. The largest absolute Gasteiger partial charge is 0.495 e. The molecule has 6 heteroatoms. The van der Waals surface area contributed by atoms with E-state index in [0.29, 0.717) is 22.1 Å². The SMILES string of the molecule is COc1ccc(Cl)cc1NC(=O)C(=O)Nc1c(C(C)C)cccc1C(C)C. The third-order valence-electron chi connectivity index (χ3n) is 4.23. The second-order valence-corrected chi connectivity index (χ2v) is 7.31. The Kier molecular flexibility index (Phi) is 6.86. The van der Waals surface area contributed by atoms with Gasteiger partial charge in [-0.05, 0) is 41.2 Å². The van der Waals surface area contributed by atoms with Crippen LogP contribution in [0.2, 0.25) is 5.02 Å². The molecular weight excluding hydrogens is 364 g/mol. The van der Waals surface area contributed by atoms with Gasteiger partial charge in [-0.15, -0.1) is 0 Å². The number of amides is 2. The lowest BCUT2D eigenvalue weighted by molar-refractivity contribution is -0.133. The lowest BCUT2D eigenvalue weighted by Gasteiger charge is -2.20. The van der Waals surface area contributed by atoms with Crippen LogP contribution in [0.3, 0.4) is 0 Å². The topological polar surface area (TPSA) is 67.4 Å². The predicted molar refractivity (Wildman–Crippen MR) is 110 cm³/mol. The quantitative estimate of drug-likeness (QED) is 0.694. The number of rotatable bonds is 5. The first-order valence-electron chi connectivity index (χ1n) is 8.83. The smallest absolute Gasteiger partial charge is 0.314 e. The second kappa shape index (κ2) is 8.91. The van der Waals surface area contributed by atoms with E-state index in [-0.39, 0.29) is 11.8 Å². The van der Waals surface area contributed by atoms with Gasteiger partial charge < -0.3 is 15.4 Å². The second-order valence-electron chi connectivity index (χ2n) is 6.87. The van der Waals surface area contributed by atoms with Crippen LogP contribution >= 0.6 is 11.6 Å². The maximum Gasteiger partial charge on any atom is 0.314 e. The van der Waals surface area contributed by atoms with Crippen LogP contribution in [-0.4, -0.2) is 18.9 Å². The van der Waals surface area contributed by atoms with Gasteiger partial charge in [-0.25, -0.2) is 0 Å². The Hall–Kier alpha value is -2.53. The zero-order valence-corrected chi connectivity index (χ0v) is 17.0. The van der Waals surface area contributed by atoms with E-state index in [1.165, 1.54) is 13.2 Å². The van der Waals surface area contributed by atoms with Crippen molar-refractivity contribution >= 4 is 34.8 Å². The van der Waals surface area contributed by atoms with Crippen LogP contribution in [0.15, 0.2) is 36.4 Å². The molecule has 2 amide bonds. The highest BCUT2D eigenvalue weighted by Crippen LogP contribution is 2.32. The molecule has 2 aromatic carbocycles. The molecule has 0 unspecified atom stereocenters. The van der Waals surface area contributed by atoms with Crippen LogP contribution in [0.4, 0.5) is 11.4 Å². The van der Waals surface area contributed by atoms with Crippen molar-refractivity contribution in [3.63, 3.8) is 0 Å². The molecule has 0 heterocycles. The summed E-state index contributed by atoms with van der Waals surface area (Å²) in [6.07, 6.45) is 0. The Morgan fingerprint density at radius 1 is 0.926 bits per heavy atom. The highest BCUT2D eigenvalue weighted by atomic mass is 35.5. The van der Waals surface area contributed by atoms with Gasteiger partial charge in [0.15, 0.2) is 0 Å². The number of anilines is 2. The van der Waals surface area contributed by atoms with E-state index in [4.69, 9.17) is 16.3 Å². The van der Waals surface area contributed by atoms with E-state index >= 15 is 0 Å². The van der Waals surface area contributed by atoms with Crippen molar-refractivity contribution in [3.05, 3.63) is 52.5 Å². The summed E-state index contributed by atoms with van der Waals surface area (Å²) in [7, 11) is 1.48. The Morgan fingerprint density at radius 3 is 2.00 bits per heavy atom. The van der Waals surface area contributed by atoms with Crippen molar-refractivity contribution in [1.29, 1.82) is 0 Å². The van der Waals surface area contributed by atoms with Gasteiger partial charge in [0.2, 0.25) is 0 Å². The molecule has 0 atom stereocenters. The molecule has 0 aliphatic heterocycles. The van der Waals surface area contributed by atoms with E-state index in [1.54, 1.807) is 12.1 Å². The van der Waals surface area contributed by atoms with Crippen LogP contribution in [0.1, 0.15) is 50.7 Å². The molecule has 0 saturated carbocycles. The summed E-state index contributed by atoms with van der Waals surface area (Å²) in [5, 5.41) is 5.78. The molecule has 2 N–H and O–H groups in total. The molecule has 0 spiro atoms. The Morgan fingerprint density at radius 2 is 1.48 bits per heavy atom. The van der Waals surface area contributed by atoms with Gasteiger partial charge in [0.1, 0.15) is 5.75 Å². The fourth-order valence-electron chi connectivity index (χ4n) is 2.82. The fraction of sp³-hybridized carbons (Fsp3) is 0.333. The zero-order valence-electron chi connectivity index (χ0n) is 16.2. The number of carbonyl (C=O) groups excluding carboxylic acids is 2. The van der Waals surface area contributed by atoms with E-state index < -0.39 is 11.8 Å². The third kappa shape index (κ3) is 5.01. The summed E-state index contributed by atoms with van der Waals surface area (Å²) in [4.78, 5) is 25.0. The van der Waals surface area contributed by atoms with Gasteiger partial charge in [-0.3, -0.25) is 9.59 Å². The first-order valence-corrected chi connectivity index (χ1v) is 9.21. The van der Waals surface area contributed by atoms with E-state index in [0.717, 1.165) is 11.1 Å². The molecule has 0 bridgehead atoms. The summed E-state index contributed by atoms with van der Waals surface area (Å²) in [6.45, 7) is 8.19. The van der Waals surface area contributed by atoms with Crippen LogP contribution < -0.4 is 15.4 Å². The van der Waals surface area contributed by atoms with Gasteiger partial charge in [0.05, 0.1) is 12.8 Å². The number of methoxy groups -OCH3 is 1. The van der Waals surface area contributed by atoms with Crippen molar-refractivity contribution in [1.82, 2.24) is 0 Å². The molecule has 0 aliphatic carbocycles. The average molecular weight is 389 g/mol. The number of hydrogen-bond donors (Lipinski definition) is 2. The molecule has 0 fully saturated rings. The molecule has 0 aliphatic rings. The van der Waals surface area contributed by atoms with E-state index in [1.807, 2.05) is 45.9 Å². The van der Waals surface area contributed by atoms with Gasteiger partial charge in [0.25, 0.3) is 0 Å². The van der Waals surface area contributed by atoms with Gasteiger partial charge in [0, 0.05) is 10.7 Å². The molecule has 2 aromatic rings. The van der Waals surface area contributed by atoms with Crippen molar-refractivity contribution < 1.29 is 14.3 Å². The van der Waals surface area contributed by atoms with Gasteiger partial charge in [-0.2, -0.15) is 0 Å². The first kappa shape index (κ1) is 20.8. The number of ether oxygens (including phenoxy) is 1. The van der Waals surface area contributed by atoms with Crippen molar-refractivity contribution in [2.24, 2.45) is 0 Å². The third-order valence-corrected chi connectivity index (χ3v) is 4.46. The Labute approximate surface area is 165 Å². The minimum absolute atomic E-state index is 0.204. The minimum atomic E-state index is -0.788. The summed E-state index contributed by atoms with van der Waals surface area (Å²) >= 11 is 5.97. The van der Waals surface area contributed by atoms with E-state index in [2.05, 4.69) is 10.6 Å². The molecule has 2 rings (SSSR count). The molecule has 5 nitrogen and oxygen atoms in total. The fourth-order valence-corrected chi connectivity index (χ4v) is 2.99. The van der Waals surface area contributed by atoms with Crippen molar-refractivity contribution in [3.8, 4) is 5.75 Å². The minimum Gasteiger partial charge on any atom is -0.495 e. The Balaban J connectivity index is 2.27. The first-order chi connectivity index (χ1) is 12.7. The number of halogens is 1. The molecular formula is C21H25ClN2O3. The summed E-state index contributed by atoms with van der Waals surface area (Å²) in [5.74, 6) is -0.702. The molecule has 144 valence electrons. The number of carbonyl (C=O) groups is 2. The lowest BCUT2D eigenvalue weighted by atomic mass is 9.92. The van der Waals surface area contributed by atoms with Gasteiger partial charge >= 0.3 is 11.8 Å². The summed E-state index contributed by atoms with van der Waals surface area (Å²) in [5.41, 5.74) is 3.01. The Bertz CT molecular complexity index is 821. The van der Waals surface area contributed by atoms with E-state index in [9.17, 15) is 9.59 Å². The average Bonchev–Trinajstić information content (AvgIpc) is 2.61. The van der Waals surface area contributed by atoms with Crippen LogP contribution in [0, 0.1) is 0 Å². The number of hydrogen-bond acceptors (Lipinski definition) is 3. The lowest BCUT2D eigenvalue weighted by Crippen LogP contribution is -2.30.